The molecular weight excluding hydrogens is 440 g/mol. The first-order chi connectivity index (χ1) is 15.9. The van der Waals surface area contributed by atoms with Gasteiger partial charge in [-0.1, -0.05) is 26.3 Å². The van der Waals surface area contributed by atoms with Gasteiger partial charge in [-0.15, -0.1) is 0 Å². The van der Waals surface area contributed by atoms with Gasteiger partial charge < -0.3 is 25.2 Å². The van der Waals surface area contributed by atoms with E-state index in [4.69, 9.17) is 4.74 Å². The average Bonchev–Trinajstić information content (AvgIpc) is 2.96. The minimum absolute atomic E-state index is 0.0111. The third kappa shape index (κ3) is 4.56. The summed E-state index contributed by atoms with van der Waals surface area (Å²) < 4.78 is 6.57. The Hall–Kier alpha value is -0.460. The minimum atomic E-state index is -0.796. The van der Waals surface area contributed by atoms with Crippen LogP contribution in [0.15, 0.2) is 11.1 Å². The topological polar surface area (TPSA) is 90.2 Å². The minimum Gasteiger partial charge on any atom is -0.390 e. The fourth-order valence-corrected chi connectivity index (χ4v) is 8.98. The van der Waals surface area contributed by atoms with Crippen molar-refractivity contribution in [3.63, 3.8) is 0 Å². The van der Waals surface area contributed by atoms with Crippen molar-refractivity contribution in [3.05, 3.63) is 11.1 Å². The first-order valence-corrected chi connectivity index (χ1v) is 14.1. The Kier molecular flexibility index (Phi) is 6.93. The maximum absolute atomic E-state index is 11.7. The maximum atomic E-state index is 11.7. The zero-order valence-corrected chi connectivity index (χ0v) is 23.5. The van der Waals surface area contributed by atoms with E-state index >= 15 is 0 Å². The van der Waals surface area contributed by atoms with Crippen molar-refractivity contribution < 1.29 is 25.2 Å². The van der Waals surface area contributed by atoms with Gasteiger partial charge in [0.2, 0.25) is 0 Å². The van der Waals surface area contributed by atoms with Crippen molar-refractivity contribution in [2.24, 2.45) is 28.6 Å². The Morgan fingerprint density at radius 2 is 1.46 bits per heavy atom. The molecule has 4 rings (SSSR count). The molecule has 1 saturated heterocycles. The van der Waals surface area contributed by atoms with Crippen molar-refractivity contribution in [2.45, 2.75) is 148 Å². The number of ether oxygens (including phenoxy) is 1. The number of allylic oxidation sites excluding steroid dienone is 1. The van der Waals surface area contributed by atoms with Gasteiger partial charge in [0.25, 0.3) is 0 Å². The molecule has 202 valence electrons. The van der Waals surface area contributed by atoms with Crippen molar-refractivity contribution in [1.29, 1.82) is 0 Å². The molecule has 0 unspecified atom stereocenters. The van der Waals surface area contributed by atoms with E-state index in [2.05, 4.69) is 27.7 Å². The standard InChI is InChI=1S/C30H52O5/c1-18-19(26(2,3)20-11-15-29(7,33)21(20)17-22(18)31)9-10-23-28(6)14-12-24(32)27(4,5)35-25(28)13-16-30(23,8)34/h20-25,31-34H,9-17H2,1-8H3/t20-,21-,22+,23-,24+,25-,28-,29-,30+/m1/s1. The van der Waals surface area contributed by atoms with Crippen LogP contribution in [0, 0.1) is 28.6 Å². The number of fused-ring (bicyclic) bond motifs is 2. The average molecular weight is 493 g/mol. The van der Waals surface area contributed by atoms with Gasteiger partial charge in [-0.05, 0) is 127 Å². The lowest BCUT2D eigenvalue weighted by molar-refractivity contribution is -0.205. The first kappa shape index (κ1) is 27.6. The molecule has 4 aliphatic rings. The normalized spacial score (nSPS) is 49.7. The van der Waals surface area contributed by atoms with Crippen LogP contribution in [-0.4, -0.2) is 55.5 Å². The summed E-state index contributed by atoms with van der Waals surface area (Å²) in [7, 11) is 0. The van der Waals surface area contributed by atoms with E-state index in [9.17, 15) is 20.4 Å². The summed E-state index contributed by atoms with van der Waals surface area (Å²) in [6.07, 6.45) is 6.04. The Bertz CT molecular complexity index is 840. The van der Waals surface area contributed by atoms with Crippen LogP contribution in [0.5, 0.6) is 0 Å². The van der Waals surface area contributed by atoms with Crippen LogP contribution in [-0.2, 0) is 4.74 Å². The van der Waals surface area contributed by atoms with Gasteiger partial charge >= 0.3 is 0 Å². The molecule has 4 N–H and O–H groups in total. The Morgan fingerprint density at radius 1 is 0.829 bits per heavy atom. The highest BCUT2D eigenvalue weighted by Crippen LogP contribution is 2.59. The number of hydrogen-bond acceptors (Lipinski definition) is 5. The van der Waals surface area contributed by atoms with Gasteiger partial charge in [-0.2, -0.15) is 0 Å². The largest absolute Gasteiger partial charge is 0.390 e. The molecule has 0 spiro atoms. The molecule has 5 nitrogen and oxygen atoms in total. The van der Waals surface area contributed by atoms with Gasteiger partial charge in [0.15, 0.2) is 0 Å². The van der Waals surface area contributed by atoms with Crippen LogP contribution in [0.1, 0.15) is 113 Å². The molecule has 3 fully saturated rings. The van der Waals surface area contributed by atoms with E-state index in [1.54, 1.807) is 0 Å². The Labute approximate surface area is 213 Å². The molecule has 0 amide bonds. The highest BCUT2D eigenvalue weighted by Gasteiger charge is 2.57. The summed E-state index contributed by atoms with van der Waals surface area (Å²) in [5.41, 5.74) is -0.0775. The third-order valence-corrected chi connectivity index (χ3v) is 11.5. The summed E-state index contributed by atoms with van der Waals surface area (Å²) >= 11 is 0. The van der Waals surface area contributed by atoms with Crippen LogP contribution >= 0.6 is 0 Å². The van der Waals surface area contributed by atoms with Crippen molar-refractivity contribution >= 4 is 0 Å². The number of rotatable bonds is 3. The number of aliphatic hydroxyl groups excluding tert-OH is 2. The molecule has 0 radical (unpaired) electrons. The van der Waals surface area contributed by atoms with E-state index in [-0.39, 0.29) is 28.8 Å². The predicted octanol–water partition coefficient (Wildman–Crippen LogP) is 5.14. The van der Waals surface area contributed by atoms with Gasteiger partial charge in [-0.3, -0.25) is 0 Å². The van der Waals surface area contributed by atoms with E-state index in [0.717, 1.165) is 44.1 Å². The molecule has 5 heteroatoms. The number of aliphatic hydroxyl groups is 4. The van der Waals surface area contributed by atoms with Gasteiger partial charge in [0.1, 0.15) is 0 Å². The van der Waals surface area contributed by atoms with Gasteiger partial charge in [0, 0.05) is 0 Å². The molecule has 0 aromatic carbocycles. The Morgan fingerprint density at radius 3 is 2.11 bits per heavy atom. The summed E-state index contributed by atoms with van der Waals surface area (Å²) in [5, 5.41) is 44.7. The van der Waals surface area contributed by atoms with E-state index in [1.807, 2.05) is 27.7 Å². The lowest BCUT2D eigenvalue weighted by atomic mass is 9.55. The molecule has 3 aliphatic carbocycles. The van der Waals surface area contributed by atoms with Crippen molar-refractivity contribution in [3.8, 4) is 0 Å². The second kappa shape index (κ2) is 8.80. The predicted molar refractivity (Wildman–Crippen MR) is 139 cm³/mol. The summed E-state index contributed by atoms with van der Waals surface area (Å²) in [6.45, 7) is 16.9. The second-order valence-corrected chi connectivity index (χ2v) is 14.5. The summed E-state index contributed by atoms with van der Waals surface area (Å²) in [6, 6.07) is 0. The van der Waals surface area contributed by atoms with Crippen LogP contribution < -0.4 is 0 Å². The van der Waals surface area contributed by atoms with E-state index < -0.39 is 29.0 Å². The highest BCUT2D eigenvalue weighted by atomic mass is 16.5. The zero-order chi connectivity index (χ0) is 26.2. The molecule has 0 aromatic rings. The highest BCUT2D eigenvalue weighted by molar-refractivity contribution is 5.28. The fourth-order valence-electron chi connectivity index (χ4n) is 8.98. The van der Waals surface area contributed by atoms with E-state index in [0.29, 0.717) is 25.2 Å². The molecule has 2 saturated carbocycles. The molecule has 35 heavy (non-hydrogen) atoms. The SMILES string of the molecule is CC1=C(CC[C@@H]2[C@@]3(C)CC[C@H](O)C(C)(C)O[C@@H]3CC[C@]2(C)O)C(C)(C)[C@@H]2CC[C@@](C)(O)[C@@H]2C[C@@H]1O. The smallest absolute Gasteiger partial charge is 0.0888 e. The van der Waals surface area contributed by atoms with Crippen molar-refractivity contribution in [1.82, 2.24) is 0 Å². The lowest BCUT2D eigenvalue weighted by Crippen LogP contribution is -2.56. The third-order valence-electron chi connectivity index (χ3n) is 11.5. The molecule has 1 heterocycles. The Balaban J connectivity index is 1.64. The van der Waals surface area contributed by atoms with Gasteiger partial charge in [-0.25, -0.2) is 0 Å². The number of hydrogen-bond donors (Lipinski definition) is 4. The molecule has 0 bridgehead atoms. The molecule has 9 atom stereocenters. The fraction of sp³-hybridized carbons (Fsp3) is 0.933. The van der Waals surface area contributed by atoms with Crippen LogP contribution in [0.4, 0.5) is 0 Å². The lowest BCUT2D eigenvalue weighted by Gasteiger charge is -2.54. The van der Waals surface area contributed by atoms with Crippen molar-refractivity contribution in [2.75, 3.05) is 0 Å². The molecular formula is C30H52O5. The quantitative estimate of drug-likeness (QED) is 0.410. The summed E-state index contributed by atoms with van der Waals surface area (Å²) in [5.74, 6) is 0.472. The van der Waals surface area contributed by atoms with Crippen LogP contribution in [0.25, 0.3) is 0 Å². The summed E-state index contributed by atoms with van der Waals surface area (Å²) in [4.78, 5) is 0. The monoisotopic (exact) mass is 492 g/mol. The molecule has 0 aromatic heterocycles. The van der Waals surface area contributed by atoms with Crippen LogP contribution in [0.2, 0.25) is 0 Å². The van der Waals surface area contributed by atoms with E-state index in [1.165, 1.54) is 5.57 Å². The van der Waals surface area contributed by atoms with Crippen LogP contribution in [0.3, 0.4) is 0 Å². The van der Waals surface area contributed by atoms with Gasteiger partial charge in [0.05, 0.1) is 35.1 Å². The maximum Gasteiger partial charge on any atom is 0.0888 e. The second-order valence-electron chi connectivity index (χ2n) is 14.5. The molecule has 1 aliphatic heterocycles. The first-order valence-electron chi connectivity index (χ1n) is 14.1. The zero-order valence-electron chi connectivity index (χ0n) is 23.5.